The molecule has 1 atom stereocenters. The molecule has 0 saturated carbocycles. The van der Waals surface area contributed by atoms with Crippen LogP contribution in [0.1, 0.15) is 26.5 Å². The zero-order valence-corrected chi connectivity index (χ0v) is 13.7. The Morgan fingerprint density at radius 2 is 2.05 bits per heavy atom. The molecule has 6 nitrogen and oxygen atoms in total. The summed E-state index contributed by atoms with van der Waals surface area (Å²) in [5.74, 6) is 2.32. The highest BCUT2D eigenvalue weighted by atomic mass is 15.3. The number of guanidine groups is 1. The topological polar surface area (TPSA) is 57.5 Å². The molecule has 2 N–H and O–H groups in total. The third-order valence-electron chi connectivity index (χ3n) is 3.48. The van der Waals surface area contributed by atoms with E-state index in [1.165, 1.54) is 0 Å². The average molecular weight is 280 g/mol. The molecule has 0 saturated heterocycles. The Labute approximate surface area is 122 Å². The number of imidazole rings is 1. The van der Waals surface area contributed by atoms with Gasteiger partial charge in [-0.1, -0.05) is 13.8 Å². The molecular formula is C14H28N6. The van der Waals surface area contributed by atoms with Gasteiger partial charge in [0.2, 0.25) is 5.95 Å². The van der Waals surface area contributed by atoms with Crippen LogP contribution in [0.25, 0.3) is 0 Å². The highest BCUT2D eigenvalue weighted by molar-refractivity contribution is 5.79. The summed E-state index contributed by atoms with van der Waals surface area (Å²) >= 11 is 0. The molecule has 1 unspecified atom stereocenters. The summed E-state index contributed by atoms with van der Waals surface area (Å²) in [6, 6.07) is 0.380. The minimum atomic E-state index is 0.380. The summed E-state index contributed by atoms with van der Waals surface area (Å²) in [7, 11) is 7.79. The smallest absolute Gasteiger partial charge is 0.204 e. The molecule has 20 heavy (non-hydrogen) atoms. The zero-order valence-electron chi connectivity index (χ0n) is 13.7. The molecule has 0 radical (unpaired) electrons. The molecule has 0 amide bonds. The number of aromatic nitrogens is 2. The standard InChI is InChI=1S/C14H28N6/c1-10(2)11(3)18-13(15-4)16-8-12-9-17-14(19(5)6)20(12)7/h9-11H,8H2,1-7H3,(H2,15,16,18). The van der Waals surface area contributed by atoms with Crippen molar-refractivity contribution in [2.24, 2.45) is 18.0 Å². The molecule has 0 fully saturated rings. The normalized spacial score (nSPS) is 13.5. The van der Waals surface area contributed by atoms with E-state index in [-0.39, 0.29) is 0 Å². The maximum Gasteiger partial charge on any atom is 0.204 e. The van der Waals surface area contributed by atoms with E-state index in [0.29, 0.717) is 18.5 Å². The number of hydrogen-bond donors (Lipinski definition) is 2. The van der Waals surface area contributed by atoms with Crippen molar-refractivity contribution in [2.45, 2.75) is 33.4 Å². The minimum absolute atomic E-state index is 0.380. The average Bonchev–Trinajstić information content (AvgIpc) is 2.75. The Bertz CT molecular complexity index is 447. The first-order valence-corrected chi connectivity index (χ1v) is 7.01. The van der Waals surface area contributed by atoms with Crippen LogP contribution in [0.5, 0.6) is 0 Å². The van der Waals surface area contributed by atoms with E-state index in [9.17, 15) is 0 Å². The first kappa shape index (κ1) is 16.3. The lowest BCUT2D eigenvalue weighted by Crippen LogP contribution is -2.44. The van der Waals surface area contributed by atoms with Gasteiger partial charge in [-0.2, -0.15) is 0 Å². The van der Waals surface area contributed by atoms with Crippen LogP contribution in [0.2, 0.25) is 0 Å². The molecule has 1 heterocycles. The summed E-state index contributed by atoms with van der Waals surface area (Å²) in [5.41, 5.74) is 1.12. The molecule has 0 spiro atoms. The van der Waals surface area contributed by atoms with Crippen molar-refractivity contribution in [1.82, 2.24) is 20.2 Å². The molecule has 0 aliphatic heterocycles. The minimum Gasteiger partial charge on any atom is -0.354 e. The summed E-state index contributed by atoms with van der Waals surface area (Å²) in [4.78, 5) is 10.6. The van der Waals surface area contributed by atoms with Gasteiger partial charge < -0.3 is 20.1 Å². The molecule has 0 aromatic carbocycles. The fourth-order valence-corrected chi connectivity index (χ4v) is 1.76. The second-order valence-electron chi connectivity index (χ2n) is 5.61. The SMILES string of the molecule is CN=C(NCc1cnc(N(C)C)n1C)NC(C)C(C)C. The highest BCUT2D eigenvalue weighted by Crippen LogP contribution is 2.10. The van der Waals surface area contributed by atoms with Gasteiger partial charge in [0.05, 0.1) is 18.4 Å². The van der Waals surface area contributed by atoms with Crippen molar-refractivity contribution in [3.05, 3.63) is 11.9 Å². The van der Waals surface area contributed by atoms with E-state index in [1.54, 1.807) is 7.05 Å². The van der Waals surface area contributed by atoms with Gasteiger partial charge in [-0.15, -0.1) is 0 Å². The molecule has 0 aliphatic rings. The second kappa shape index (κ2) is 7.17. The van der Waals surface area contributed by atoms with Gasteiger partial charge in [0.1, 0.15) is 0 Å². The largest absolute Gasteiger partial charge is 0.354 e. The highest BCUT2D eigenvalue weighted by Gasteiger charge is 2.11. The van der Waals surface area contributed by atoms with E-state index in [1.807, 2.05) is 32.2 Å². The van der Waals surface area contributed by atoms with Crippen molar-refractivity contribution >= 4 is 11.9 Å². The summed E-state index contributed by atoms with van der Waals surface area (Å²) in [6.45, 7) is 7.23. The van der Waals surface area contributed by atoms with E-state index in [2.05, 4.69) is 45.9 Å². The van der Waals surface area contributed by atoms with Gasteiger partial charge in [-0.05, 0) is 12.8 Å². The van der Waals surface area contributed by atoms with Crippen LogP contribution in [0.3, 0.4) is 0 Å². The lowest BCUT2D eigenvalue weighted by molar-refractivity contribution is 0.480. The number of nitrogens with one attached hydrogen (secondary N) is 2. The van der Waals surface area contributed by atoms with Crippen LogP contribution in [0.4, 0.5) is 5.95 Å². The number of nitrogens with zero attached hydrogens (tertiary/aromatic N) is 4. The number of rotatable bonds is 5. The van der Waals surface area contributed by atoms with Crippen molar-refractivity contribution < 1.29 is 0 Å². The second-order valence-corrected chi connectivity index (χ2v) is 5.61. The van der Waals surface area contributed by atoms with Gasteiger partial charge in [0, 0.05) is 34.2 Å². The van der Waals surface area contributed by atoms with Crippen molar-refractivity contribution in [2.75, 3.05) is 26.0 Å². The van der Waals surface area contributed by atoms with Gasteiger partial charge in [0.15, 0.2) is 5.96 Å². The van der Waals surface area contributed by atoms with Gasteiger partial charge >= 0.3 is 0 Å². The number of aliphatic imine (C=N–C) groups is 1. The van der Waals surface area contributed by atoms with Crippen molar-refractivity contribution in [3.8, 4) is 0 Å². The molecule has 114 valence electrons. The molecule has 1 rings (SSSR count). The Balaban J connectivity index is 2.62. The van der Waals surface area contributed by atoms with Crippen molar-refractivity contribution in [1.29, 1.82) is 0 Å². The summed E-state index contributed by atoms with van der Waals surface area (Å²) < 4.78 is 2.08. The first-order chi connectivity index (χ1) is 9.36. The van der Waals surface area contributed by atoms with Crippen LogP contribution in [0, 0.1) is 5.92 Å². The van der Waals surface area contributed by atoms with E-state index in [0.717, 1.165) is 17.6 Å². The van der Waals surface area contributed by atoms with Crippen LogP contribution in [-0.4, -0.2) is 42.7 Å². The Morgan fingerprint density at radius 1 is 1.40 bits per heavy atom. The maximum absolute atomic E-state index is 4.40. The summed E-state index contributed by atoms with van der Waals surface area (Å²) in [5, 5.41) is 6.71. The van der Waals surface area contributed by atoms with Crippen LogP contribution < -0.4 is 15.5 Å². The molecule has 6 heteroatoms. The third kappa shape index (κ3) is 4.15. The van der Waals surface area contributed by atoms with Crippen LogP contribution >= 0.6 is 0 Å². The first-order valence-electron chi connectivity index (χ1n) is 7.01. The van der Waals surface area contributed by atoms with Crippen molar-refractivity contribution in [3.63, 3.8) is 0 Å². The molecule has 1 aromatic rings. The fourth-order valence-electron chi connectivity index (χ4n) is 1.76. The molecular weight excluding hydrogens is 252 g/mol. The zero-order chi connectivity index (χ0) is 15.3. The van der Waals surface area contributed by atoms with Gasteiger partial charge in [-0.3, -0.25) is 4.99 Å². The lowest BCUT2D eigenvalue weighted by Gasteiger charge is -2.21. The maximum atomic E-state index is 4.40. The quantitative estimate of drug-likeness (QED) is 0.628. The molecule has 0 aliphatic carbocycles. The summed E-state index contributed by atoms with van der Waals surface area (Å²) in [6.07, 6.45) is 1.89. The number of hydrogen-bond acceptors (Lipinski definition) is 3. The molecule has 0 bridgehead atoms. The fraction of sp³-hybridized carbons (Fsp3) is 0.714. The third-order valence-corrected chi connectivity index (χ3v) is 3.48. The van der Waals surface area contributed by atoms with Gasteiger partial charge in [0.25, 0.3) is 0 Å². The Morgan fingerprint density at radius 3 is 2.50 bits per heavy atom. The van der Waals surface area contributed by atoms with Crippen LogP contribution in [0.15, 0.2) is 11.2 Å². The lowest BCUT2D eigenvalue weighted by atomic mass is 10.1. The van der Waals surface area contributed by atoms with E-state index >= 15 is 0 Å². The number of anilines is 1. The Hall–Kier alpha value is -1.72. The van der Waals surface area contributed by atoms with E-state index in [4.69, 9.17) is 0 Å². The monoisotopic (exact) mass is 280 g/mol. The predicted molar refractivity (Wildman–Crippen MR) is 85.2 cm³/mol. The molecule has 1 aromatic heterocycles. The van der Waals surface area contributed by atoms with E-state index < -0.39 is 0 Å². The Kier molecular flexibility index (Phi) is 5.85. The predicted octanol–water partition coefficient (Wildman–Crippen LogP) is 1.20. The van der Waals surface area contributed by atoms with Gasteiger partial charge in [-0.25, -0.2) is 4.98 Å². The van der Waals surface area contributed by atoms with Crippen LogP contribution in [-0.2, 0) is 13.6 Å².